The van der Waals surface area contributed by atoms with Gasteiger partial charge in [-0.25, -0.2) is 14.5 Å². The lowest BCUT2D eigenvalue weighted by Gasteiger charge is -2.24. The van der Waals surface area contributed by atoms with E-state index in [1.54, 1.807) is 16.9 Å². The molecule has 3 aromatic rings. The number of hydrogen-bond donors (Lipinski definition) is 3. The van der Waals surface area contributed by atoms with Gasteiger partial charge >= 0.3 is 0 Å². The molecule has 4 N–H and O–H groups in total. The third-order valence-electron chi connectivity index (χ3n) is 4.09. The number of nitrogens with two attached hydrogens (primary N) is 1. The Balaban J connectivity index is 1.65. The number of anilines is 2. The number of hydrogen-bond acceptors (Lipinski definition) is 6. The van der Waals surface area contributed by atoms with Gasteiger partial charge in [0.15, 0.2) is 5.82 Å². The molecule has 1 aliphatic rings. The number of aromatic nitrogens is 4. The van der Waals surface area contributed by atoms with E-state index in [2.05, 4.69) is 25.7 Å². The number of piperidine rings is 1. The molecule has 4 heterocycles. The summed E-state index contributed by atoms with van der Waals surface area (Å²) < 4.78 is 1.78. The minimum absolute atomic E-state index is 0.408. The predicted octanol–water partition coefficient (Wildman–Crippen LogP) is 1.54. The summed E-state index contributed by atoms with van der Waals surface area (Å²) in [5, 5.41) is 11.2. The van der Waals surface area contributed by atoms with Gasteiger partial charge in [0.2, 0.25) is 0 Å². The molecule has 1 saturated heterocycles. The molecule has 3 aromatic heterocycles. The average molecular weight is 309 g/mol. The van der Waals surface area contributed by atoms with E-state index in [1.807, 2.05) is 24.4 Å². The maximum atomic E-state index is 5.88. The van der Waals surface area contributed by atoms with Crippen molar-refractivity contribution in [1.29, 1.82) is 0 Å². The van der Waals surface area contributed by atoms with E-state index in [1.165, 1.54) is 6.42 Å². The Morgan fingerprint density at radius 2 is 2.30 bits per heavy atom. The fourth-order valence-corrected chi connectivity index (χ4v) is 2.92. The SMILES string of the molecule is Nc1ccn2ncc(-c3nccc(N[C@@H]4CCCNC4)n3)c2c1. The molecule has 0 aromatic carbocycles. The van der Waals surface area contributed by atoms with E-state index < -0.39 is 0 Å². The molecule has 0 radical (unpaired) electrons. The van der Waals surface area contributed by atoms with Gasteiger partial charge in [0.25, 0.3) is 0 Å². The topological polar surface area (TPSA) is 93.2 Å². The van der Waals surface area contributed by atoms with Crippen LogP contribution in [0.1, 0.15) is 12.8 Å². The van der Waals surface area contributed by atoms with Gasteiger partial charge in [-0.05, 0) is 37.6 Å². The van der Waals surface area contributed by atoms with Crippen molar-refractivity contribution in [3.63, 3.8) is 0 Å². The first-order valence-corrected chi connectivity index (χ1v) is 7.83. The Morgan fingerprint density at radius 1 is 1.35 bits per heavy atom. The van der Waals surface area contributed by atoms with E-state index in [0.29, 0.717) is 17.6 Å². The van der Waals surface area contributed by atoms with Crippen molar-refractivity contribution >= 4 is 17.0 Å². The van der Waals surface area contributed by atoms with Gasteiger partial charge < -0.3 is 16.4 Å². The Kier molecular flexibility index (Phi) is 3.55. The Bertz CT molecular complexity index is 820. The second-order valence-corrected chi connectivity index (χ2v) is 5.80. The average Bonchev–Trinajstić information content (AvgIpc) is 2.99. The summed E-state index contributed by atoms with van der Waals surface area (Å²) in [6.45, 7) is 2.06. The molecule has 118 valence electrons. The summed E-state index contributed by atoms with van der Waals surface area (Å²) in [5.41, 5.74) is 8.36. The van der Waals surface area contributed by atoms with Gasteiger partial charge in [-0.3, -0.25) is 0 Å². The largest absolute Gasteiger partial charge is 0.399 e. The monoisotopic (exact) mass is 309 g/mol. The molecule has 1 fully saturated rings. The lowest BCUT2D eigenvalue weighted by atomic mass is 10.1. The van der Waals surface area contributed by atoms with Crippen LogP contribution in [-0.4, -0.2) is 38.7 Å². The van der Waals surface area contributed by atoms with Gasteiger partial charge in [0.1, 0.15) is 5.82 Å². The number of nitrogens with one attached hydrogen (secondary N) is 2. The number of nitrogen functional groups attached to an aromatic ring is 1. The second-order valence-electron chi connectivity index (χ2n) is 5.80. The van der Waals surface area contributed by atoms with Crippen LogP contribution in [0.5, 0.6) is 0 Å². The minimum Gasteiger partial charge on any atom is -0.399 e. The lowest BCUT2D eigenvalue weighted by molar-refractivity contribution is 0.479. The van der Waals surface area contributed by atoms with Crippen molar-refractivity contribution in [1.82, 2.24) is 24.9 Å². The van der Waals surface area contributed by atoms with E-state index in [0.717, 1.165) is 36.4 Å². The molecule has 4 rings (SSSR count). The van der Waals surface area contributed by atoms with Crippen LogP contribution >= 0.6 is 0 Å². The predicted molar refractivity (Wildman–Crippen MR) is 90.1 cm³/mol. The number of fused-ring (bicyclic) bond motifs is 1. The summed E-state index contributed by atoms with van der Waals surface area (Å²) in [6.07, 6.45) is 7.72. The highest BCUT2D eigenvalue weighted by molar-refractivity contribution is 5.78. The highest BCUT2D eigenvalue weighted by Crippen LogP contribution is 2.23. The fourth-order valence-electron chi connectivity index (χ4n) is 2.92. The van der Waals surface area contributed by atoms with Gasteiger partial charge in [0.05, 0.1) is 17.3 Å². The van der Waals surface area contributed by atoms with Crippen LogP contribution in [0.15, 0.2) is 36.8 Å². The van der Waals surface area contributed by atoms with Crippen molar-refractivity contribution in [2.24, 2.45) is 0 Å². The van der Waals surface area contributed by atoms with Crippen LogP contribution in [-0.2, 0) is 0 Å². The molecule has 1 atom stereocenters. The molecule has 7 heteroatoms. The molecule has 0 saturated carbocycles. The molecule has 0 unspecified atom stereocenters. The Hall–Kier alpha value is -2.67. The summed E-state index contributed by atoms with van der Waals surface area (Å²) in [4.78, 5) is 9.04. The van der Waals surface area contributed by atoms with Crippen LogP contribution < -0.4 is 16.4 Å². The van der Waals surface area contributed by atoms with Crippen molar-refractivity contribution in [2.75, 3.05) is 24.1 Å². The molecule has 0 amide bonds. The zero-order valence-electron chi connectivity index (χ0n) is 12.7. The second kappa shape index (κ2) is 5.85. The molecular formula is C16H19N7. The Morgan fingerprint density at radius 3 is 3.17 bits per heavy atom. The van der Waals surface area contributed by atoms with Crippen molar-refractivity contribution in [3.8, 4) is 11.4 Å². The molecule has 1 aliphatic heterocycles. The molecule has 0 bridgehead atoms. The summed E-state index contributed by atoms with van der Waals surface area (Å²) >= 11 is 0. The van der Waals surface area contributed by atoms with Crippen molar-refractivity contribution in [2.45, 2.75) is 18.9 Å². The van der Waals surface area contributed by atoms with Crippen LogP contribution in [0.4, 0.5) is 11.5 Å². The van der Waals surface area contributed by atoms with Crippen LogP contribution in [0.2, 0.25) is 0 Å². The lowest BCUT2D eigenvalue weighted by Crippen LogP contribution is -2.38. The standard InChI is InChI=1S/C16H19N7/c17-11-4-7-23-14(8-11)13(10-20-23)16-19-6-3-15(22-16)21-12-2-1-5-18-9-12/h3-4,6-8,10,12,18H,1-2,5,9,17H2,(H,19,21,22)/t12-/m1/s1. The minimum atomic E-state index is 0.408. The zero-order valence-corrected chi connectivity index (χ0v) is 12.7. The number of nitrogens with zero attached hydrogens (tertiary/aromatic N) is 4. The first kappa shape index (κ1) is 14.0. The highest BCUT2D eigenvalue weighted by atomic mass is 15.2. The quantitative estimate of drug-likeness (QED) is 0.679. The van der Waals surface area contributed by atoms with Gasteiger partial charge in [-0.15, -0.1) is 0 Å². The molecular weight excluding hydrogens is 290 g/mol. The maximum absolute atomic E-state index is 5.88. The van der Waals surface area contributed by atoms with Gasteiger partial charge in [-0.2, -0.15) is 5.10 Å². The third-order valence-corrected chi connectivity index (χ3v) is 4.09. The normalized spacial score (nSPS) is 18.2. The first-order chi connectivity index (χ1) is 11.3. The molecule has 0 aliphatic carbocycles. The molecule has 7 nitrogen and oxygen atoms in total. The van der Waals surface area contributed by atoms with E-state index in [9.17, 15) is 0 Å². The molecule has 0 spiro atoms. The van der Waals surface area contributed by atoms with Crippen molar-refractivity contribution < 1.29 is 0 Å². The smallest absolute Gasteiger partial charge is 0.165 e. The van der Waals surface area contributed by atoms with Crippen LogP contribution in [0.3, 0.4) is 0 Å². The highest BCUT2D eigenvalue weighted by Gasteiger charge is 2.14. The van der Waals surface area contributed by atoms with Gasteiger partial charge in [-0.1, -0.05) is 0 Å². The fraction of sp³-hybridized carbons (Fsp3) is 0.312. The van der Waals surface area contributed by atoms with E-state index >= 15 is 0 Å². The van der Waals surface area contributed by atoms with E-state index in [4.69, 9.17) is 5.73 Å². The Labute approximate surface area is 133 Å². The molecule has 23 heavy (non-hydrogen) atoms. The third kappa shape index (κ3) is 2.83. The first-order valence-electron chi connectivity index (χ1n) is 7.83. The number of pyridine rings is 1. The van der Waals surface area contributed by atoms with E-state index in [-0.39, 0.29) is 0 Å². The van der Waals surface area contributed by atoms with Crippen LogP contribution in [0.25, 0.3) is 16.9 Å². The van der Waals surface area contributed by atoms with Crippen LogP contribution in [0, 0.1) is 0 Å². The maximum Gasteiger partial charge on any atom is 0.165 e. The summed E-state index contributed by atoms with van der Waals surface area (Å²) in [6, 6.07) is 6.01. The van der Waals surface area contributed by atoms with Gasteiger partial charge in [0, 0.05) is 30.7 Å². The summed E-state index contributed by atoms with van der Waals surface area (Å²) in [7, 11) is 0. The summed E-state index contributed by atoms with van der Waals surface area (Å²) in [5.74, 6) is 1.49. The number of rotatable bonds is 3. The van der Waals surface area contributed by atoms with Crippen molar-refractivity contribution in [3.05, 3.63) is 36.8 Å². The zero-order chi connectivity index (χ0) is 15.6.